The van der Waals surface area contributed by atoms with Crippen molar-refractivity contribution in [1.29, 1.82) is 0 Å². The molecule has 1 fully saturated rings. The second-order valence-corrected chi connectivity index (χ2v) is 10.7. The molecule has 5 aromatic rings. The predicted octanol–water partition coefficient (Wildman–Crippen LogP) is 6.08. The van der Waals surface area contributed by atoms with Crippen LogP contribution in [0.5, 0.6) is 11.6 Å². The molecular formula is C29H28F2N8OS. The van der Waals surface area contributed by atoms with Crippen LogP contribution in [0.25, 0.3) is 22.3 Å². The molecule has 6 rings (SSSR count). The number of nitrogens with zero attached hydrogens (tertiary/aromatic N) is 5. The fourth-order valence-corrected chi connectivity index (χ4v) is 5.49. The zero-order valence-electron chi connectivity index (χ0n) is 22.1. The van der Waals surface area contributed by atoms with Gasteiger partial charge in [0.1, 0.15) is 5.75 Å². The van der Waals surface area contributed by atoms with Crippen LogP contribution in [0.2, 0.25) is 0 Å². The molecule has 0 saturated carbocycles. The second-order valence-electron chi connectivity index (χ2n) is 9.48. The van der Waals surface area contributed by atoms with E-state index in [0.29, 0.717) is 45.9 Å². The molecule has 41 heavy (non-hydrogen) atoms. The lowest BCUT2D eigenvalue weighted by molar-refractivity contribution is 0.301. The maximum atomic E-state index is 13.5. The van der Waals surface area contributed by atoms with Crippen molar-refractivity contribution in [3.8, 4) is 22.9 Å². The second kappa shape index (κ2) is 12.5. The Morgan fingerprint density at radius 2 is 1.78 bits per heavy atom. The van der Waals surface area contributed by atoms with Gasteiger partial charge in [-0.3, -0.25) is 0 Å². The predicted molar refractivity (Wildman–Crippen MR) is 158 cm³/mol. The number of aromatic nitrogens is 5. The molecule has 3 aromatic heterocycles. The van der Waals surface area contributed by atoms with E-state index in [-0.39, 0.29) is 0 Å². The first-order valence-corrected chi connectivity index (χ1v) is 14.5. The first kappa shape index (κ1) is 26.9. The molecule has 1 aliphatic heterocycles. The number of fused-ring (bicyclic) bond motifs is 1. The topological polar surface area (TPSA) is 104 Å². The highest BCUT2D eigenvalue weighted by Crippen LogP contribution is 2.31. The van der Waals surface area contributed by atoms with Crippen molar-refractivity contribution in [3.05, 3.63) is 78.6 Å². The number of thioether (sulfide) groups is 1. The lowest BCUT2D eigenvalue weighted by atomic mass is 10.2. The number of benzene rings is 2. The van der Waals surface area contributed by atoms with Gasteiger partial charge in [-0.15, -0.1) is 0 Å². The number of nitrogens with one attached hydrogen (secondary N) is 3. The molecule has 3 N–H and O–H groups in total. The lowest BCUT2D eigenvalue weighted by Crippen LogP contribution is -2.34. The molecule has 4 heterocycles. The van der Waals surface area contributed by atoms with E-state index in [1.807, 2.05) is 42.1 Å². The van der Waals surface area contributed by atoms with Crippen LogP contribution in [-0.2, 0) is 0 Å². The van der Waals surface area contributed by atoms with E-state index in [1.165, 1.54) is 11.5 Å². The van der Waals surface area contributed by atoms with Crippen LogP contribution >= 0.6 is 11.8 Å². The molecule has 0 bridgehead atoms. The molecule has 12 heteroatoms. The van der Waals surface area contributed by atoms with Gasteiger partial charge in [-0.1, -0.05) is 0 Å². The summed E-state index contributed by atoms with van der Waals surface area (Å²) in [5, 5.41) is 6.43. The summed E-state index contributed by atoms with van der Waals surface area (Å²) in [6, 6.07) is 14.9. The van der Waals surface area contributed by atoms with Gasteiger partial charge in [0.25, 0.3) is 0 Å². The van der Waals surface area contributed by atoms with Gasteiger partial charge in [0.05, 0.1) is 22.3 Å². The molecule has 9 nitrogen and oxygen atoms in total. The Morgan fingerprint density at radius 1 is 0.951 bits per heavy atom. The van der Waals surface area contributed by atoms with Gasteiger partial charge in [0.15, 0.2) is 11.6 Å². The SMILES string of the molecule is Fc1cc2nc(Nc3ccc(Oc4ncccc4-c4ccnc(NCCCN5CCSCC5)n4)cc3)[nH]c2cc1F. The minimum atomic E-state index is -0.942. The fraction of sp³-hybridized carbons (Fsp3) is 0.241. The van der Waals surface area contributed by atoms with Gasteiger partial charge in [-0.25, -0.2) is 28.7 Å². The molecule has 0 unspecified atom stereocenters. The monoisotopic (exact) mass is 574 g/mol. The zero-order valence-corrected chi connectivity index (χ0v) is 22.9. The minimum Gasteiger partial charge on any atom is -0.438 e. The molecule has 0 aliphatic carbocycles. The van der Waals surface area contributed by atoms with E-state index in [2.05, 4.69) is 35.5 Å². The Bertz CT molecular complexity index is 1590. The number of rotatable bonds is 10. The number of anilines is 3. The minimum absolute atomic E-state index is 0.328. The molecule has 0 amide bonds. The summed E-state index contributed by atoms with van der Waals surface area (Å²) in [5.41, 5.74) is 2.88. The number of ether oxygens (including phenoxy) is 1. The van der Waals surface area contributed by atoms with Crippen molar-refractivity contribution in [3.63, 3.8) is 0 Å². The highest BCUT2D eigenvalue weighted by molar-refractivity contribution is 7.99. The average molecular weight is 575 g/mol. The number of hydrogen-bond donors (Lipinski definition) is 3. The Balaban J connectivity index is 1.09. The van der Waals surface area contributed by atoms with Crippen LogP contribution < -0.4 is 15.4 Å². The van der Waals surface area contributed by atoms with Gasteiger partial charge < -0.3 is 25.3 Å². The van der Waals surface area contributed by atoms with Crippen LogP contribution in [0.3, 0.4) is 0 Å². The smallest absolute Gasteiger partial charge is 0.228 e. The van der Waals surface area contributed by atoms with Crippen LogP contribution in [-0.4, -0.2) is 67.5 Å². The third kappa shape index (κ3) is 6.72. The van der Waals surface area contributed by atoms with Crippen LogP contribution in [0.1, 0.15) is 6.42 Å². The number of H-pyrrole nitrogens is 1. The summed E-state index contributed by atoms with van der Waals surface area (Å²) in [6.07, 6.45) is 4.42. The van der Waals surface area contributed by atoms with Crippen LogP contribution in [0.4, 0.5) is 26.4 Å². The Morgan fingerprint density at radius 3 is 2.63 bits per heavy atom. The number of hydrogen-bond acceptors (Lipinski definition) is 9. The normalized spacial score (nSPS) is 13.8. The molecule has 2 aromatic carbocycles. The first-order chi connectivity index (χ1) is 20.1. The van der Waals surface area contributed by atoms with E-state index in [9.17, 15) is 8.78 Å². The maximum absolute atomic E-state index is 13.5. The quantitative estimate of drug-likeness (QED) is 0.171. The van der Waals surface area contributed by atoms with Crippen LogP contribution in [0, 0.1) is 11.6 Å². The number of aromatic amines is 1. The molecular weight excluding hydrogens is 546 g/mol. The van der Waals surface area contributed by atoms with E-state index in [4.69, 9.17) is 9.72 Å². The van der Waals surface area contributed by atoms with Gasteiger partial charge in [-0.2, -0.15) is 11.8 Å². The van der Waals surface area contributed by atoms with E-state index >= 15 is 0 Å². The van der Waals surface area contributed by atoms with Gasteiger partial charge in [0, 0.05) is 61.4 Å². The van der Waals surface area contributed by atoms with Crippen LogP contribution in [0.15, 0.2) is 67.0 Å². The van der Waals surface area contributed by atoms with Crippen molar-refractivity contribution in [2.24, 2.45) is 0 Å². The molecule has 0 spiro atoms. The van der Waals surface area contributed by atoms with E-state index in [0.717, 1.165) is 50.3 Å². The molecule has 1 saturated heterocycles. The van der Waals surface area contributed by atoms with Gasteiger partial charge >= 0.3 is 0 Å². The van der Waals surface area contributed by atoms with Crippen molar-refractivity contribution >= 4 is 40.4 Å². The molecule has 0 atom stereocenters. The standard InChI is InChI=1S/C29H28F2N8OS/c30-22-17-25-26(18-23(22)31)38-29(37-25)35-19-4-6-20(7-5-19)40-27-21(3-1-9-32-27)24-8-11-34-28(36-24)33-10-2-12-39-13-15-41-16-14-39/h1,3-9,11,17-18H,2,10,12-16H2,(H,33,34,36)(H2,35,37,38). The average Bonchev–Trinajstić information content (AvgIpc) is 3.38. The highest BCUT2D eigenvalue weighted by Gasteiger charge is 2.13. The fourth-order valence-electron chi connectivity index (χ4n) is 4.51. The van der Waals surface area contributed by atoms with Gasteiger partial charge in [-0.05, 0) is 55.4 Å². The summed E-state index contributed by atoms with van der Waals surface area (Å²) in [4.78, 5) is 23.2. The van der Waals surface area contributed by atoms with Gasteiger partial charge in [0.2, 0.25) is 17.8 Å². The van der Waals surface area contributed by atoms with E-state index < -0.39 is 11.6 Å². The van der Waals surface area contributed by atoms with Crippen molar-refractivity contribution < 1.29 is 13.5 Å². The van der Waals surface area contributed by atoms with Crippen molar-refractivity contribution in [2.45, 2.75) is 6.42 Å². The maximum Gasteiger partial charge on any atom is 0.228 e. The summed E-state index contributed by atoms with van der Waals surface area (Å²) in [7, 11) is 0. The highest BCUT2D eigenvalue weighted by atomic mass is 32.2. The van der Waals surface area contributed by atoms with E-state index in [1.54, 1.807) is 24.5 Å². The summed E-state index contributed by atoms with van der Waals surface area (Å²) < 4.78 is 33.1. The lowest BCUT2D eigenvalue weighted by Gasteiger charge is -2.25. The van der Waals surface area contributed by atoms with Crippen molar-refractivity contribution in [2.75, 3.05) is 48.3 Å². The number of halogens is 2. The summed E-state index contributed by atoms with van der Waals surface area (Å²) >= 11 is 2.02. The summed E-state index contributed by atoms with van der Waals surface area (Å²) in [5.74, 6) is 2.48. The first-order valence-electron chi connectivity index (χ1n) is 13.3. The summed E-state index contributed by atoms with van der Waals surface area (Å²) in [6.45, 7) is 4.18. The number of pyridine rings is 1. The van der Waals surface area contributed by atoms with Crippen molar-refractivity contribution in [1.82, 2.24) is 29.8 Å². The Kier molecular flexibility index (Phi) is 8.19. The largest absolute Gasteiger partial charge is 0.438 e. The Labute approximate surface area is 239 Å². The third-order valence-electron chi connectivity index (χ3n) is 6.60. The number of imidazole rings is 1. The zero-order chi connectivity index (χ0) is 28.0. The molecule has 1 aliphatic rings. The Hall–Kier alpha value is -4.29. The third-order valence-corrected chi connectivity index (χ3v) is 7.54. The molecule has 0 radical (unpaired) electrons. The molecule has 210 valence electrons.